The van der Waals surface area contributed by atoms with Crippen LogP contribution in [-0.2, 0) is 4.74 Å². The Morgan fingerprint density at radius 3 is 2.22 bits per heavy atom. The van der Waals surface area contributed by atoms with Gasteiger partial charge in [0.1, 0.15) is 11.4 Å². The molecule has 8 nitrogen and oxygen atoms in total. The maximum absolute atomic E-state index is 12.4. The summed E-state index contributed by atoms with van der Waals surface area (Å²) >= 11 is 0. The second kappa shape index (κ2) is 9.77. The van der Waals surface area contributed by atoms with Gasteiger partial charge in [-0.15, -0.1) is 0 Å². The number of carbonyl (C=O) groups excluding carboxylic acids is 1. The lowest BCUT2D eigenvalue weighted by Gasteiger charge is -2.49. The van der Waals surface area contributed by atoms with Crippen LogP contribution in [0.5, 0.6) is 5.75 Å². The van der Waals surface area contributed by atoms with Crippen molar-refractivity contribution < 1.29 is 14.3 Å². The van der Waals surface area contributed by atoms with Crippen LogP contribution in [0.15, 0.2) is 18.3 Å². The first-order chi connectivity index (χ1) is 17.1. The lowest BCUT2D eigenvalue weighted by atomic mass is 9.71. The number of carbonyl (C=O) groups is 1. The highest BCUT2D eigenvalue weighted by Crippen LogP contribution is 2.43. The van der Waals surface area contributed by atoms with Gasteiger partial charge in [-0.1, -0.05) is 0 Å². The van der Waals surface area contributed by atoms with Crippen LogP contribution in [0.1, 0.15) is 78.2 Å². The molecule has 3 aliphatic rings. The summed E-state index contributed by atoms with van der Waals surface area (Å²) in [4.78, 5) is 17.1. The summed E-state index contributed by atoms with van der Waals surface area (Å²) in [5.74, 6) is 0.690. The molecule has 2 aromatic rings. The topological polar surface area (TPSA) is 85.8 Å². The number of hydrogen-bond acceptors (Lipinski definition) is 6. The molecule has 0 bridgehead atoms. The monoisotopic (exact) mass is 497 g/mol. The van der Waals surface area contributed by atoms with E-state index in [1.165, 1.54) is 38.8 Å². The van der Waals surface area contributed by atoms with Gasteiger partial charge in [0.05, 0.1) is 24.4 Å². The minimum absolute atomic E-state index is 0.153. The molecular weight excluding hydrogens is 454 g/mol. The van der Waals surface area contributed by atoms with E-state index in [0.717, 1.165) is 49.7 Å². The number of likely N-dealkylation sites (tertiary alicyclic amines) is 2. The van der Waals surface area contributed by atoms with E-state index in [2.05, 4.69) is 15.8 Å². The van der Waals surface area contributed by atoms with E-state index in [-0.39, 0.29) is 6.09 Å². The Balaban J connectivity index is 1.10. The molecule has 0 atom stereocenters. The molecule has 5 rings (SSSR count). The highest BCUT2D eigenvalue weighted by atomic mass is 16.6. The second-order valence-corrected chi connectivity index (χ2v) is 12.2. The van der Waals surface area contributed by atoms with Crippen LogP contribution in [0.4, 0.5) is 10.5 Å². The molecular formula is C28H43N5O3. The van der Waals surface area contributed by atoms with Gasteiger partial charge in [0, 0.05) is 36.8 Å². The quantitative estimate of drug-likeness (QED) is 0.585. The summed E-state index contributed by atoms with van der Waals surface area (Å²) in [7, 11) is 1.64. The first kappa shape index (κ1) is 25.2. The van der Waals surface area contributed by atoms with E-state index in [1.807, 2.05) is 37.8 Å². The van der Waals surface area contributed by atoms with Crippen LogP contribution >= 0.6 is 0 Å². The van der Waals surface area contributed by atoms with Crippen LogP contribution in [0.25, 0.3) is 10.9 Å². The third-order valence-electron chi connectivity index (χ3n) is 8.76. The van der Waals surface area contributed by atoms with Crippen molar-refractivity contribution in [1.82, 2.24) is 19.6 Å². The zero-order valence-electron chi connectivity index (χ0n) is 22.5. The van der Waals surface area contributed by atoms with Gasteiger partial charge in [-0.3, -0.25) is 4.68 Å². The van der Waals surface area contributed by atoms with Crippen LogP contribution < -0.4 is 10.5 Å². The van der Waals surface area contributed by atoms with Gasteiger partial charge in [0.25, 0.3) is 0 Å². The minimum atomic E-state index is -0.428. The van der Waals surface area contributed by atoms with Crippen molar-refractivity contribution in [2.45, 2.75) is 89.8 Å². The Kier molecular flexibility index (Phi) is 6.83. The smallest absolute Gasteiger partial charge is 0.410 e. The van der Waals surface area contributed by atoms with Gasteiger partial charge >= 0.3 is 6.09 Å². The maximum atomic E-state index is 12.4. The van der Waals surface area contributed by atoms with Crippen molar-refractivity contribution in [2.24, 2.45) is 5.41 Å². The summed E-state index contributed by atoms with van der Waals surface area (Å²) in [6.45, 7) is 9.84. The third-order valence-corrected chi connectivity index (χ3v) is 8.76. The molecule has 0 radical (unpaired) electrons. The fraction of sp³-hybridized carbons (Fsp3) is 0.714. The van der Waals surface area contributed by atoms with Crippen molar-refractivity contribution in [2.75, 3.05) is 39.0 Å². The number of methoxy groups -OCH3 is 1. The van der Waals surface area contributed by atoms with E-state index in [9.17, 15) is 4.79 Å². The zero-order valence-corrected chi connectivity index (χ0v) is 22.5. The zero-order chi connectivity index (χ0) is 25.5. The lowest BCUT2D eigenvalue weighted by Crippen LogP contribution is -2.51. The van der Waals surface area contributed by atoms with Gasteiger partial charge in [0.15, 0.2) is 0 Å². The number of fused-ring (bicyclic) bond motifs is 1. The van der Waals surface area contributed by atoms with Crippen molar-refractivity contribution in [3.05, 3.63) is 18.3 Å². The van der Waals surface area contributed by atoms with Crippen LogP contribution in [-0.4, -0.2) is 70.6 Å². The molecule has 3 heterocycles. The molecule has 2 saturated heterocycles. The molecule has 8 heteroatoms. The van der Waals surface area contributed by atoms with E-state index in [4.69, 9.17) is 20.3 Å². The Morgan fingerprint density at radius 2 is 1.61 bits per heavy atom. The first-order valence-electron chi connectivity index (χ1n) is 13.7. The number of ether oxygens (including phenoxy) is 2. The van der Waals surface area contributed by atoms with E-state index in [1.54, 1.807) is 7.11 Å². The molecule has 2 aliphatic heterocycles. The Hall–Kier alpha value is -2.48. The van der Waals surface area contributed by atoms with Gasteiger partial charge in [-0.05, 0) is 96.7 Å². The van der Waals surface area contributed by atoms with Gasteiger partial charge in [-0.2, -0.15) is 5.10 Å². The summed E-state index contributed by atoms with van der Waals surface area (Å²) in [5.41, 5.74) is 7.67. The SMILES string of the molecule is COc1cc2nn([C@H]3CC[C@@H](N4CCC5(CCN(C(=O)OC(C)(C)C)CC5)CC4)CC3)cc2cc1N. The van der Waals surface area contributed by atoms with Gasteiger partial charge in [-0.25, -0.2) is 4.79 Å². The van der Waals surface area contributed by atoms with Crippen LogP contribution in [0, 0.1) is 5.41 Å². The number of piperidine rings is 2. The molecule has 1 aromatic carbocycles. The lowest BCUT2D eigenvalue weighted by molar-refractivity contribution is -0.0101. The fourth-order valence-corrected chi connectivity index (χ4v) is 6.49. The molecule has 1 amide bonds. The van der Waals surface area contributed by atoms with Crippen molar-refractivity contribution in [3.8, 4) is 5.75 Å². The standard InChI is InChI=1S/C28H43N5O3/c1-27(2,3)36-26(34)32-15-11-28(12-16-32)9-13-31(14-10-28)21-5-7-22(8-6-21)33-19-20-17-23(29)25(35-4)18-24(20)30-33/h17-19,21-22H,5-16,29H2,1-4H3/t21-,22+. The molecule has 1 spiro atoms. The fourth-order valence-electron chi connectivity index (χ4n) is 6.49. The van der Waals surface area contributed by atoms with Crippen molar-refractivity contribution >= 4 is 22.7 Å². The molecule has 0 unspecified atom stereocenters. The normalized spacial score (nSPS) is 25.3. The molecule has 3 fully saturated rings. The predicted octanol–water partition coefficient (Wildman–Crippen LogP) is 5.22. The number of hydrogen-bond donors (Lipinski definition) is 1. The minimum Gasteiger partial charge on any atom is -0.495 e. The number of nitrogens with two attached hydrogens (primary N) is 1. The molecule has 2 N–H and O–H groups in total. The number of benzene rings is 1. The predicted molar refractivity (Wildman–Crippen MR) is 142 cm³/mol. The van der Waals surface area contributed by atoms with E-state index in [0.29, 0.717) is 28.9 Å². The highest BCUT2D eigenvalue weighted by molar-refractivity contribution is 5.84. The Bertz CT molecular complexity index is 1060. The van der Waals surface area contributed by atoms with Gasteiger partial charge < -0.3 is 25.0 Å². The molecule has 1 aliphatic carbocycles. The second-order valence-electron chi connectivity index (χ2n) is 12.2. The molecule has 198 valence electrons. The average molecular weight is 498 g/mol. The highest BCUT2D eigenvalue weighted by Gasteiger charge is 2.41. The Labute approximate surface area is 215 Å². The number of rotatable bonds is 3. The molecule has 1 aromatic heterocycles. The first-order valence-corrected chi connectivity index (χ1v) is 13.7. The summed E-state index contributed by atoms with van der Waals surface area (Å²) in [5, 5.41) is 5.93. The summed E-state index contributed by atoms with van der Waals surface area (Å²) in [6.07, 6.45) is 11.5. The number of anilines is 1. The third kappa shape index (κ3) is 5.29. The van der Waals surface area contributed by atoms with Crippen molar-refractivity contribution in [1.29, 1.82) is 0 Å². The number of amides is 1. The maximum Gasteiger partial charge on any atom is 0.410 e. The number of aromatic nitrogens is 2. The number of nitrogens with zero attached hydrogens (tertiary/aromatic N) is 4. The molecule has 36 heavy (non-hydrogen) atoms. The number of nitrogen functional groups attached to an aromatic ring is 1. The van der Waals surface area contributed by atoms with E-state index >= 15 is 0 Å². The van der Waals surface area contributed by atoms with E-state index < -0.39 is 5.60 Å². The largest absolute Gasteiger partial charge is 0.495 e. The van der Waals surface area contributed by atoms with Crippen LogP contribution in [0.2, 0.25) is 0 Å². The summed E-state index contributed by atoms with van der Waals surface area (Å²) in [6, 6.07) is 5.04. The Morgan fingerprint density at radius 1 is 1.00 bits per heavy atom. The van der Waals surface area contributed by atoms with Gasteiger partial charge in [0.2, 0.25) is 0 Å². The van der Waals surface area contributed by atoms with Crippen LogP contribution in [0.3, 0.4) is 0 Å². The summed E-state index contributed by atoms with van der Waals surface area (Å²) < 4.78 is 13.1. The average Bonchev–Trinajstić information content (AvgIpc) is 3.26. The van der Waals surface area contributed by atoms with Crippen molar-refractivity contribution in [3.63, 3.8) is 0 Å². The molecule has 1 saturated carbocycles.